The topological polar surface area (TPSA) is 46.9 Å². The minimum absolute atomic E-state index is 0.197. The molecule has 3 aromatic rings. The van der Waals surface area contributed by atoms with Gasteiger partial charge in [-0.3, -0.25) is 4.79 Å². The van der Waals surface area contributed by atoms with E-state index in [1.165, 1.54) is 23.0 Å². The zero-order chi connectivity index (χ0) is 15.4. The van der Waals surface area contributed by atoms with E-state index in [1.807, 2.05) is 30.3 Å². The Balaban J connectivity index is 1.68. The first-order valence-corrected chi connectivity index (χ1v) is 6.85. The number of hydrogen-bond acceptors (Lipinski definition) is 2. The van der Waals surface area contributed by atoms with Gasteiger partial charge in [0.1, 0.15) is 5.82 Å². The SMILES string of the molecule is O=C(NCc1ccccc1)c1cnn(-c2ccc(F)cc2)c1. The molecule has 3 rings (SSSR count). The lowest BCUT2D eigenvalue weighted by Gasteiger charge is -2.03. The number of nitrogens with one attached hydrogen (secondary N) is 1. The summed E-state index contributed by atoms with van der Waals surface area (Å²) in [4.78, 5) is 12.1. The Labute approximate surface area is 127 Å². The van der Waals surface area contributed by atoms with E-state index < -0.39 is 0 Å². The predicted molar refractivity (Wildman–Crippen MR) is 81.1 cm³/mol. The third-order valence-corrected chi connectivity index (χ3v) is 3.23. The Morgan fingerprint density at radius 1 is 1.09 bits per heavy atom. The molecule has 0 saturated heterocycles. The van der Waals surface area contributed by atoms with Gasteiger partial charge in [-0.25, -0.2) is 9.07 Å². The first kappa shape index (κ1) is 14.0. The molecule has 0 spiro atoms. The highest BCUT2D eigenvalue weighted by Crippen LogP contribution is 2.09. The van der Waals surface area contributed by atoms with Crippen LogP contribution in [0.15, 0.2) is 67.0 Å². The molecule has 1 heterocycles. The molecule has 0 aliphatic carbocycles. The Bertz CT molecular complexity index is 766. The summed E-state index contributed by atoms with van der Waals surface area (Å²) < 4.78 is 14.4. The van der Waals surface area contributed by atoms with Crippen LogP contribution in [-0.4, -0.2) is 15.7 Å². The number of aromatic nitrogens is 2. The molecule has 0 saturated carbocycles. The monoisotopic (exact) mass is 295 g/mol. The summed E-state index contributed by atoms with van der Waals surface area (Å²) in [5, 5.41) is 6.96. The van der Waals surface area contributed by atoms with Gasteiger partial charge in [-0.1, -0.05) is 30.3 Å². The van der Waals surface area contributed by atoms with E-state index in [2.05, 4.69) is 10.4 Å². The molecule has 110 valence electrons. The molecule has 2 aromatic carbocycles. The number of hydrogen-bond donors (Lipinski definition) is 1. The van der Waals surface area contributed by atoms with E-state index in [0.717, 1.165) is 5.56 Å². The van der Waals surface area contributed by atoms with Crippen LogP contribution < -0.4 is 5.32 Å². The molecule has 1 N–H and O–H groups in total. The highest BCUT2D eigenvalue weighted by molar-refractivity contribution is 5.93. The Morgan fingerprint density at radius 3 is 2.55 bits per heavy atom. The average Bonchev–Trinajstić information content (AvgIpc) is 3.04. The first-order chi connectivity index (χ1) is 10.7. The molecule has 0 bridgehead atoms. The molecular weight excluding hydrogens is 281 g/mol. The van der Waals surface area contributed by atoms with Gasteiger partial charge >= 0.3 is 0 Å². The molecule has 4 nitrogen and oxygen atoms in total. The van der Waals surface area contributed by atoms with Gasteiger partial charge in [0.15, 0.2) is 0 Å². The fourth-order valence-corrected chi connectivity index (χ4v) is 2.06. The summed E-state index contributed by atoms with van der Waals surface area (Å²) in [6.45, 7) is 0.460. The van der Waals surface area contributed by atoms with Crippen molar-refractivity contribution in [2.24, 2.45) is 0 Å². The van der Waals surface area contributed by atoms with Crippen LogP contribution in [0.4, 0.5) is 4.39 Å². The largest absolute Gasteiger partial charge is 0.348 e. The van der Waals surface area contributed by atoms with Gasteiger partial charge in [0, 0.05) is 12.7 Å². The molecular formula is C17H14FN3O. The van der Waals surface area contributed by atoms with E-state index in [9.17, 15) is 9.18 Å². The minimum Gasteiger partial charge on any atom is -0.348 e. The van der Waals surface area contributed by atoms with Crippen LogP contribution in [0.25, 0.3) is 5.69 Å². The number of halogens is 1. The van der Waals surface area contributed by atoms with E-state index in [1.54, 1.807) is 18.3 Å². The molecule has 22 heavy (non-hydrogen) atoms. The second-order valence-electron chi connectivity index (χ2n) is 4.82. The van der Waals surface area contributed by atoms with Crippen molar-refractivity contribution < 1.29 is 9.18 Å². The van der Waals surface area contributed by atoms with Gasteiger partial charge in [-0.2, -0.15) is 5.10 Å². The minimum atomic E-state index is -0.309. The Kier molecular flexibility index (Phi) is 3.96. The molecule has 0 atom stereocenters. The maximum atomic E-state index is 12.9. The maximum absolute atomic E-state index is 12.9. The lowest BCUT2D eigenvalue weighted by Crippen LogP contribution is -2.22. The normalized spacial score (nSPS) is 10.4. The van der Waals surface area contributed by atoms with Crippen molar-refractivity contribution in [2.45, 2.75) is 6.54 Å². The van der Waals surface area contributed by atoms with Gasteiger partial charge in [0.2, 0.25) is 0 Å². The highest BCUT2D eigenvalue weighted by Gasteiger charge is 2.09. The number of carbonyl (C=O) groups is 1. The third kappa shape index (κ3) is 3.20. The summed E-state index contributed by atoms with van der Waals surface area (Å²) in [6.07, 6.45) is 3.11. The maximum Gasteiger partial charge on any atom is 0.254 e. The second kappa shape index (κ2) is 6.22. The third-order valence-electron chi connectivity index (χ3n) is 3.23. The fourth-order valence-electron chi connectivity index (χ4n) is 2.06. The van der Waals surface area contributed by atoms with Crippen molar-refractivity contribution in [3.63, 3.8) is 0 Å². The van der Waals surface area contributed by atoms with Crippen LogP contribution in [0.3, 0.4) is 0 Å². The summed E-state index contributed by atoms with van der Waals surface area (Å²) in [6, 6.07) is 15.6. The van der Waals surface area contributed by atoms with Crippen LogP contribution >= 0.6 is 0 Å². The van der Waals surface area contributed by atoms with E-state index in [0.29, 0.717) is 17.8 Å². The zero-order valence-corrected chi connectivity index (χ0v) is 11.7. The molecule has 1 amide bonds. The van der Waals surface area contributed by atoms with Crippen LogP contribution in [-0.2, 0) is 6.54 Å². The Hall–Kier alpha value is -2.95. The second-order valence-corrected chi connectivity index (χ2v) is 4.82. The lowest BCUT2D eigenvalue weighted by molar-refractivity contribution is 0.0951. The van der Waals surface area contributed by atoms with E-state index in [4.69, 9.17) is 0 Å². The predicted octanol–water partition coefficient (Wildman–Crippen LogP) is 2.94. The zero-order valence-electron chi connectivity index (χ0n) is 11.7. The van der Waals surface area contributed by atoms with Crippen molar-refractivity contribution in [1.82, 2.24) is 15.1 Å². The standard InChI is InChI=1S/C17H14FN3O/c18-15-6-8-16(9-7-15)21-12-14(11-20-21)17(22)19-10-13-4-2-1-3-5-13/h1-9,11-12H,10H2,(H,19,22). The fraction of sp³-hybridized carbons (Fsp3) is 0.0588. The van der Waals surface area contributed by atoms with Gasteiger partial charge in [0.25, 0.3) is 5.91 Å². The molecule has 0 unspecified atom stereocenters. The van der Waals surface area contributed by atoms with Gasteiger partial charge in [0.05, 0.1) is 17.4 Å². The lowest BCUT2D eigenvalue weighted by atomic mass is 10.2. The number of carbonyl (C=O) groups excluding carboxylic acids is 1. The van der Waals surface area contributed by atoms with Gasteiger partial charge < -0.3 is 5.32 Å². The van der Waals surface area contributed by atoms with Crippen molar-refractivity contribution >= 4 is 5.91 Å². The van der Waals surface area contributed by atoms with Crippen LogP contribution in [0.1, 0.15) is 15.9 Å². The Morgan fingerprint density at radius 2 is 1.82 bits per heavy atom. The summed E-state index contributed by atoms with van der Waals surface area (Å²) in [5.41, 5.74) is 2.19. The van der Waals surface area contributed by atoms with Crippen molar-refractivity contribution in [3.05, 3.63) is 83.9 Å². The van der Waals surface area contributed by atoms with Gasteiger partial charge in [-0.15, -0.1) is 0 Å². The molecule has 0 aliphatic heterocycles. The highest BCUT2D eigenvalue weighted by atomic mass is 19.1. The van der Waals surface area contributed by atoms with Crippen molar-refractivity contribution in [1.29, 1.82) is 0 Å². The van der Waals surface area contributed by atoms with Crippen molar-refractivity contribution in [3.8, 4) is 5.69 Å². The molecule has 1 aromatic heterocycles. The van der Waals surface area contributed by atoms with Crippen LogP contribution in [0.5, 0.6) is 0 Å². The molecule has 0 radical (unpaired) electrons. The number of rotatable bonds is 4. The van der Waals surface area contributed by atoms with E-state index >= 15 is 0 Å². The molecule has 0 fully saturated rings. The number of amides is 1. The summed E-state index contributed by atoms with van der Waals surface area (Å²) >= 11 is 0. The van der Waals surface area contributed by atoms with E-state index in [-0.39, 0.29) is 11.7 Å². The smallest absolute Gasteiger partial charge is 0.254 e. The van der Waals surface area contributed by atoms with Gasteiger partial charge in [-0.05, 0) is 29.8 Å². The summed E-state index contributed by atoms with van der Waals surface area (Å²) in [5.74, 6) is -0.506. The molecule has 0 aliphatic rings. The van der Waals surface area contributed by atoms with Crippen molar-refractivity contribution in [2.75, 3.05) is 0 Å². The van der Waals surface area contributed by atoms with Crippen LogP contribution in [0.2, 0.25) is 0 Å². The quantitative estimate of drug-likeness (QED) is 0.804. The number of benzene rings is 2. The average molecular weight is 295 g/mol. The number of nitrogens with zero attached hydrogens (tertiary/aromatic N) is 2. The molecule has 5 heteroatoms. The van der Waals surface area contributed by atoms with Crippen LogP contribution in [0, 0.1) is 5.82 Å². The first-order valence-electron chi connectivity index (χ1n) is 6.85. The summed E-state index contributed by atoms with van der Waals surface area (Å²) in [7, 11) is 0.